The third-order valence-electron chi connectivity index (χ3n) is 4.07. The van der Waals surface area contributed by atoms with Crippen molar-refractivity contribution in [2.45, 2.75) is 44.6 Å². The van der Waals surface area contributed by atoms with Crippen LogP contribution >= 0.6 is 0 Å². The molecule has 126 valence electrons. The Hall–Kier alpha value is -0.200. The van der Waals surface area contributed by atoms with Gasteiger partial charge in [-0.2, -0.15) is 0 Å². The Morgan fingerprint density at radius 2 is 1.57 bits per heavy atom. The summed E-state index contributed by atoms with van der Waals surface area (Å²) < 4.78 is 16.0. The van der Waals surface area contributed by atoms with E-state index in [9.17, 15) is 0 Å². The highest BCUT2D eigenvalue weighted by Gasteiger charge is 2.20. The lowest BCUT2D eigenvalue weighted by Crippen LogP contribution is -2.40. The lowest BCUT2D eigenvalue weighted by molar-refractivity contribution is 0.0147. The van der Waals surface area contributed by atoms with Crippen LogP contribution in [-0.2, 0) is 14.2 Å². The fraction of sp³-hybridized carbons (Fsp3) is 1.00. The van der Waals surface area contributed by atoms with Gasteiger partial charge in [-0.15, -0.1) is 0 Å². The maximum Gasteiger partial charge on any atom is 0.0701 e. The number of nitrogens with zero attached hydrogens (tertiary/aromatic N) is 1. The normalized spacial score (nSPS) is 16.7. The summed E-state index contributed by atoms with van der Waals surface area (Å²) in [5.74, 6) is 0. The third kappa shape index (κ3) is 9.42. The van der Waals surface area contributed by atoms with Crippen LogP contribution in [0.2, 0.25) is 0 Å². The summed E-state index contributed by atoms with van der Waals surface area (Å²) in [6, 6.07) is 0.742. The molecule has 0 spiro atoms. The van der Waals surface area contributed by atoms with Gasteiger partial charge in [-0.05, 0) is 32.4 Å². The molecule has 1 aliphatic rings. The number of ether oxygens (including phenoxy) is 3. The van der Waals surface area contributed by atoms with E-state index >= 15 is 0 Å². The van der Waals surface area contributed by atoms with Gasteiger partial charge < -0.3 is 19.9 Å². The van der Waals surface area contributed by atoms with Crippen LogP contribution in [0.5, 0.6) is 0 Å². The van der Waals surface area contributed by atoms with Crippen molar-refractivity contribution in [3.63, 3.8) is 0 Å². The van der Waals surface area contributed by atoms with Gasteiger partial charge in [0, 0.05) is 19.7 Å². The first kappa shape index (κ1) is 18.8. The van der Waals surface area contributed by atoms with E-state index in [0.717, 1.165) is 38.7 Å². The zero-order valence-corrected chi connectivity index (χ0v) is 13.7. The first-order valence-electron chi connectivity index (χ1n) is 8.47. The summed E-state index contributed by atoms with van der Waals surface area (Å²) in [5, 5.41) is 0. The summed E-state index contributed by atoms with van der Waals surface area (Å²) in [4.78, 5) is 2.58. The van der Waals surface area contributed by atoms with Crippen LogP contribution in [0.3, 0.4) is 0 Å². The molecule has 0 radical (unpaired) electrons. The molecule has 5 nitrogen and oxygen atoms in total. The molecule has 1 rings (SSSR count). The maximum atomic E-state index is 5.68. The van der Waals surface area contributed by atoms with E-state index in [0.29, 0.717) is 26.4 Å². The summed E-state index contributed by atoms with van der Waals surface area (Å²) >= 11 is 0. The van der Waals surface area contributed by atoms with Crippen molar-refractivity contribution in [1.82, 2.24) is 4.90 Å². The Balaban J connectivity index is 2.08. The maximum absolute atomic E-state index is 5.68. The minimum atomic E-state index is 0.643. The van der Waals surface area contributed by atoms with Gasteiger partial charge in [0.1, 0.15) is 0 Å². The summed E-state index contributed by atoms with van der Waals surface area (Å²) in [7, 11) is 1.68. The highest BCUT2D eigenvalue weighted by molar-refractivity contribution is 4.75. The second kappa shape index (κ2) is 13.5. The predicted octanol–water partition coefficient (Wildman–Crippen LogP) is 1.65. The van der Waals surface area contributed by atoms with Crippen molar-refractivity contribution < 1.29 is 14.2 Å². The van der Waals surface area contributed by atoms with E-state index in [1.807, 2.05) is 0 Å². The highest BCUT2D eigenvalue weighted by atomic mass is 16.5. The van der Waals surface area contributed by atoms with Crippen LogP contribution in [0.25, 0.3) is 0 Å². The lowest BCUT2D eigenvalue weighted by atomic mass is 9.94. The molecule has 0 aromatic heterocycles. The summed E-state index contributed by atoms with van der Waals surface area (Å²) in [5.41, 5.74) is 5.66. The zero-order valence-electron chi connectivity index (χ0n) is 13.7. The Labute approximate surface area is 130 Å². The largest absolute Gasteiger partial charge is 0.382 e. The Bertz CT molecular complexity index is 224. The van der Waals surface area contributed by atoms with Crippen LogP contribution in [-0.4, -0.2) is 70.7 Å². The molecule has 2 N–H and O–H groups in total. The number of nitrogens with two attached hydrogens (primary N) is 1. The van der Waals surface area contributed by atoms with Crippen LogP contribution < -0.4 is 5.73 Å². The molecule has 0 atom stereocenters. The number of rotatable bonds is 13. The molecule has 1 fully saturated rings. The van der Waals surface area contributed by atoms with E-state index in [1.165, 1.54) is 32.1 Å². The molecule has 0 amide bonds. The number of hydrogen-bond acceptors (Lipinski definition) is 5. The van der Waals surface area contributed by atoms with Crippen LogP contribution in [0.15, 0.2) is 0 Å². The molecule has 0 aliphatic heterocycles. The van der Waals surface area contributed by atoms with E-state index in [2.05, 4.69) is 4.90 Å². The molecule has 0 heterocycles. The quantitative estimate of drug-likeness (QED) is 0.524. The van der Waals surface area contributed by atoms with Gasteiger partial charge in [0.25, 0.3) is 0 Å². The average molecular weight is 302 g/mol. The molecule has 0 unspecified atom stereocenters. The van der Waals surface area contributed by atoms with Gasteiger partial charge in [-0.1, -0.05) is 19.3 Å². The lowest BCUT2D eigenvalue weighted by Gasteiger charge is -2.34. The van der Waals surface area contributed by atoms with E-state index in [-0.39, 0.29) is 0 Å². The van der Waals surface area contributed by atoms with Gasteiger partial charge >= 0.3 is 0 Å². The van der Waals surface area contributed by atoms with Crippen molar-refractivity contribution in [2.24, 2.45) is 5.73 Å². The molecule has 21 heavy (non-hydrogen) atoms. The Kier molecular flexibility index (Phi) is 12.1. The van der Waals surface area contributed by atoms with Crippen molar-refractivity contribution in [2.75, 3.05) is 59.8 Å². The Morgan fingerprint density at radius 1 is 0.905 bits per heavy atom. The molecule has 0 bridgehead atoms. The molecule has 0 saturated heterocycles. The number of methoxy groups -OCH3 is 1. The molecule has 0 aromatic rings. The fourth-order valence-electron chi connectivity index (χ4n) is 2.86. The monoisotopic (exact) mass is 302 g/mol. The molecule has 0 aromatic carbocycles. The van der Waals surface area contributed by atoms with Crippen molar-refractivity contribution in [3.05, 3.63) is 0 Å². The Morgan fingerprint density at radius 3 is 2.24 bits per heavy atom. The molecular weight excluding hydrogens is 268 g/mol. The standard InChI is InChI=1S/C16H34N2O3/c1-19-12-13-21-15-14-20-11-10-18(9-5-8-17)16-6-3-2-4-7-16/h16H,2-15,17H2,1H3. The van der Waals surface area contributed by atoms with Crippen molar-refractivity contribution >= 4 is 0 Å². The SMILES string of the molecule is COCCOCCOCCN(CCCN)C1CCCCC1. The van der Waals surface area contributed by atoms with E-state index in [1.54, 1.807) is 7.11 Å². The van der Waals surface area contributed by atoms with Gasteiger partial charge in [-0.3, -0.25) is 4.90 Å². The highest BCUT2D eigenvalue weighted by Crippen LogP contribution is 2.22. The van der Waals surface area contributed by atoms with Gasteiger partial charge in [-0.25, -0.2) is 0 Å². The smallest absolute Gasteiger partial charge is 0.0701 e. The average Bonchev–Trinajstić information content (AvgIpc) is 2.53. The van der Waals surface area contributed by atoms with E-state index < -0.39 is 0 Å². The zero-order chi connectivity index (χ0) is 15.2. The van der Waals surface area contributed by atoms with Crippen LogP contribution in [0, 0.1) is 0 Å². The number of hydrogen-bond donors (Lipinski definition) is 1. The topological polar surface area (TPSA) is 57.0 Å². The second-order valence-electron chi connectivity index (χ2n) is 5.69. The fourth-order valence-corrected chi connectivity index (χ4v) is 2.86. The predicted molar refractivity (Wildman–Crippen MR) is 85.6 cm³/mol. The molecular formula is C16H34N2O3. The minimum absolute atomic E-state index is 0.643. The third-order valence-corrected chi connectivity index (χ3v) is 4.07. The first-order valence-corrected chi connectivity index (χ1v) is 8.47. The summed E-state index contributed by atoms with van der Waals surface area (Å²) in [6.45, 7) is 6.29. The van der Waals surface area contributed by atoms with Crippen LogP contribution in [0.4, 0.5) is 0 Å². The minimum Gasteiger partial charge on any atom is -0.382 e. The van der Waals surface area contributed by atoms with Crippen LogP contribution in [0.1, 0.15) is 38.5 Å². The van der Waals surface area contributed by atoms with Gasteiger partial charge in [0.2, 0.25) is 0 Å². The van der Waals surface area contributed by atoms with Gasteiger partial charge in [0.15, 0.2) is 0 Å². The van der Waals surface area contributed by atoms with Gasteiger partial charge in [0.05, 0.1) is 33.0 Å². The van der Waals surface area contributed by atoms with Crippen molar-refractivity contribution in [3.8, 4) is 0 Å². The summed E-state index contributed by atoms with van der Waals surface area (Å²) in [6.07, 6.45) is 7.90. The molecule has 1 saturated carbocycles. The second-order valence-corrected chi connectivity index (χ2v) is 5.69. The molecule has 1 aliphatic carbocycles. The van der Waals surface area contributed by atoms with E-state index in [4.69, 9.17) is 19.9 Å². The first-order chi connectivity index (χ1) is 10.4. The van der Waals surface area contributed by atoms with Crippen molar-refractivity contribution in [1.29, 1.82) is 0 Å². The molecule has 5 heteroatoms.